The van der Waals surface area contributed by atoms with Crippen LogP contribution >= 0.6 is 21.6 Å². The number of ether oxygens (including phenoxy) is 6. The average Bonchev–Trinajstić information content (AvgIpc) is 3.26. The van der Waals surface area contributed by atoms with Crippen molar-refractivity contribution in [2.24, 2.45) is 0 Å². The highest BCUT2D eigenvalue weighted by molar-refractivity contribution is 8.76. The predicted octanol–water partition coefficient (Wildman–Crippen LogP) is 12.1. The van der Waals surface area contributed by atoms with Crippen molar-refractivity contribution in [3.05, 3.63) is 58.2 Å². The van der Waals surface area contributed by atoms with Gasteiger partial charge in [-0.15, -0.1) is 0 Å². The van der Waals surface area contributed by atoms with Crippen LogP contribution in [0.5, 0.6) is 11.5 Å². The number of hydrogen-bond donors (Lipinski definition) is 0. The quantitative estimate of drug-likeness (QED) is 0.0124. The Morgan fingerprint density at radius 1 is 0.306 bits per heavy atom. The molecule has 0 bridgehead atoms. The van der Waals surface area contributed by atoms with Gasteiger partial charge in [0.05, 0.1) is 26.4 Å². The van der Waals surface area contributed by atoms with Crippen LogP contribution in [0.1, 0.15) is 116 Å². The molecule has 0 unspecified atom stereocenters. The minimum absolute atomic E-state index is 0.0175. The molecular formula is C42H56F10O8S2. The molecule has 0 heterocycles. The Morgan fingerprint density at radius 2 is 0.548 bits per heavy atom. The highest BCUT2D eigenvalue weighted by Crippen LogP contribution is 2.31. The van der Waals surface area contributed by atoms with Crippen LogP contribution in [0.25, 0.3) is 0 Å². The van der Waals surface area contributed by atoms with E-state index in [0.29, 0.717) is 13.2 Å². The molecule has 354 valence electrons. The molecule has 0 radical (unpaired) electrons. The number of unbranched alkanes of at least 4 members (excludes halogenated alkanes) is 16. The standard InChI is InChI=1S/C42H56F10O8S2/c43-31-33(45)37(49)41(38(50)34(31)46)59-29(53)27-57-23-21-55-19-15-11-7-3-1-5-9-13-17-25-61-62-26-18-14-10-6-2-4-8-12-16-20-56-22-24-58-28-30(54)60-42-39(51)35(47)32(44)36(48)40(42)52/h1-28H2. The number of rotatable bonds is 37. The largest absolute Gasteiger partial charge is 0.418 e. The van der Waals surface area contributed by atoms with E-state index in [-0.39, 0.29) is 26.4 Å². The van der Waals surface area contributed by atoms with E-state index in [9.17, 15) is 53.5 Å². The maximum absolute atomic E-state index is 13.6. The number of benzene rings is 2. The number of carbonyl (C=O) groups excluding carboxylic acids is 2. The molecular weight excluding hydrogens is 887 g/mol. The zero-order valence-corrected chi connectivity index (χ0v) is 36.3. The monoisotopic (exact) mass is 942 g/mol. The molecule has 2 aromatic carbocycles. The minimum Gasteiger partial charge on any atom is -0.418 e. The van der Waals surface area contributed by atoms with Crippen LogP contribution in [-0.4, -0.2) is 76.3 Å². The van der Waals surface area contributed by atoms with Crippen molar-refractivity contribution < 1.29 is 81.9 Å². The summed E-state index contributed by atoms with van der Waals surface area (Å²) < 4.78 is 162. The first-order valence-corrected chi connectivity index (χ1v) is 23.4. The summed E-state index contributed by atoms with van der Waals surface area (Å²) >= 11 is 0. The lowest BCUT2D eigenvalue weighted by Gasteiger charge is -2.09. The highest BCUT2D eigenvalue weighted by atomic mass is 33.1. The number of esters is 2. The van der Waals surface area contributed by atoms with Crippen LogP contribution in [0, 0.1) is 58.2 Å². The summed E-state index contributed by atoms with van der Waals surface area (Å²) in [5, 5.41) is 0. The van der Waals surface area contributed by atoms with E-state index in [1.165, 1.54) is 88.6 Å². The van der Waals surface area contributed by atoms with Gasteiger partial charge >= 0.3 is 11.9 Å². The van der Waals surface area contributed by atoms with E-state index >= 15 is 0 Å². The van der Waals surface area contributed by atoms with Crippen LogP contribution in [0.3, 0.4) is 0 Å². The number of halogens is 10. The van der Waals surface area contributed by atoms with Gasteiger partial charge in [0.2, 0.25) is 69.7 Å². The molecule has 0 fully saturated rings. The molecule has 0 aliphatic rings. The Bertz CT molecular complexity index is 1440. The van der Waals surface area contributed by atoms with Gasteiger partial charge in [-0.2, -0.15) is 17.6 Å². The summed E-state index contributed by atoms with van der Waals surface area (Å²) in [7, 11) is 3.92. The third-order valence-corrected chi connectivity index (χ3v) is 11.6. The molecule has 2 rings (SSSR count). The van der Waals surface area contributed by atoms with Crippen LogP contribution in [0.4, 0.5) is 43.9 Å². The fourth-order valence-corrected chi connectivity index (χ4v) is 8.00. The Morgan fingerprint density at radius 3 is 0.855 bits per heavy atom. The van der Waals surface area contributed by atoms with Gasteiger partial charge in [-0.25, -0.2) is 35.9 Å². The zero-order chi connectivity index (χ0) is 45.5. The molecule has 0 amide bonds. The summed E-state index contributed by atoms with van der Waals surface area (Å²) in [4.78, 5) is 23.3. The van der Waals surface area contributed by atoms with E-state index in [0.717, 1.165) is 38.5 Å². The highest BCUT2D eigenvalue weighted by Gasteiger charge is 2.30. The smallest absolute Gasteiger partial charge is 0.337 e. The van der Waals surface area contributed by atoms with Gasteiger partial charge in [0.25, 0.3) is 0 Å². The van der Waals surface area contributed by atoms with Crippen molar-refractivity contribution in [3.8, 4) is 11.5 Å². The normalized spacial score (nSPS) is 11.5. The molecule has 20 heteroatoms. The lowest BCUT2D eigenvalue weighted by molar-refractivity contribution is -0.141. The molecule has 0 spiro atoms. The second-order valence-electron chi connectivity index (χ2n) is 14.1. The minimum atomic E-state index is -2.35. The van der Waals surface area contributed by atoms with Crippen LogP contribution in [-0.2, 0) is 28.5 Å². The summed E-state index contributed by atoms with van der Waals surface area (Å²) in [6.07, 6.45) is 20.6. The van der Waals surface area contributed by atoms with Crippen molar-refractivity contribution in [1.82, 2.24) is 0 Å². The van der Waals surface area contributed by atoms with Gasteiger partial charge in [-0.05, 0) is 25.7 Å². The topological polar surface area (TPSA) is 89.5 Å². The van der Waals surface area contributed by atoms with Gasteiger partial charge in [0.1, 0.15) is 13.2 Å². The molecule has 0 saturated carbocycles. The summed E-state index contributed by atoms with van der Waals surface area (Å²) in [6.45, 7) is -0.196. The summed E-state index contributed by atoms with van der Waals surface area (Å²) in [5.41, 5.74) is 0. The van der Waals surface area contributed by atoms with E-state index < -0.39 is 94.8 Å². The van der Waals surface area contributed by atoms with E-state index in [2.05, 4.69) is 9.47 Å². The number of carbonyl (C=O) groups is 2. The van der Waals surface area contributed by atoms with Crippen molar-refractivity contribution in [2.75, 3.05) is 64.4 Å². The van der Waals surface area contributed by atoms with Gasteiger partial charge in [-0.1, -0.05) is 111 Å². The fourth-order valence-electron chi connectivity index (χ4n) is 5.71. The molecule has 62 heavy (non-hydrogen) atoms. The van der Waals surface area contributed by atoms with Gasteiger partial charge in [-0.3, -0.25) is 0 Å². The van der Waals surface area contributed by atoms with E-state index in [1.807, 2.05) is 21.6 Å². The lowest BCUT2D eigenvalue weighted by atomic mass is 10.1. The third kappa shape index (κ3) is 22.2. The van der Waals surface area contributed by atoms with Crippen LogP contribution < -0.4 is 9.47 Å². The molecule has 2 aromatic rings. The van der Waals surface area contributed by atoms with E-state index in [4.69, 9.17) is 18.9 Å². The zero-order valence-electron chi connectivity index (χ0n) is 34.7. The van der Waals surface area contributed by atoms with Gasteiger partial charge < -0.3 is 28.4 Å². The third-order valence-electron chi connectivity index (χ3n) is 9.07. The van der Waals surface area contributed by atoms with Crippen molar-refractivity contribution >= 4 is 33.5 Å². The Kier molecular flexibility index (Phi) is 30.1. The van der Waals surface area contributed by atoms with Crippen molar-refractivity contribution in [3.63, 3.8) is 0 Å². The maximum atomic E-state index is 13.6. The molecule has 0 aliphatic heterocycles. The van der Waals surface area contributed by atoms with Crippen LogP contribution in [0.15, 0.2) is 0 Å². The number of hydrogen-bond acceptors (Lipinski definition) is 10. The first kappa shape index (κ1) is 55.4. The molecule has 0 N–H and O–H groups in total. The molecule has 8 nitrogen and oxygen atoms in total. The predicted molar refractivity (Wildman–Crippen MR) is 215 cm³/mol. The Labute approximate surface area is 364 Å². The second-order valence-corrected chi connectivity index (χ2v) is 16.8. The maximum Gasteiger partial charge on any atom is 0.337 e. The molecule has 0 saturated heterocycles. The summed E-state index contributed by atoms with van der Waals surface area (Å²) in [5.74, 6) is -26.1. The van der Waals surface area contributed by atoms with Crippen molar-refractivity contribution in [2.45, 2.75) is 116 Å². The van der Waals surface area contributed by atoms with Gasteiger partial charge in [0.15, 0.2) is 0 Å². The second kappa shape index (κ2) is 33.7. The summed E-state index contributed by atoms with van der Waals surface area (Å²) in [6, 6.07) is 0. The first-order chi connectivity index (χ1) is 29.9. The molecule has 0 aliphatic carbocycles. The molecule has 0 aromatic heterocycles. The SMILES string of the molecule is O=C(COCCOCCCCCCCCCCCSSCCCCCCCCCCCOCCOCC(=O)Oc1c(F)c(F)c(F)c(F)c1F)Oc1c(F)c(F)c(F)c(F)c1F. The lowest BCUT2D eigenvalue weighted by Crippen LogP contribution is -2.20. The van der Waals surface area contributed by atoms with Crippen LogP contribution in [0.2, 0.25) is 0 Å². The first-order valence-electron chi connectivity index (χ1n) is 20.9. The average molecular weight is 943 g/mol. The van der Waals surface area contributed by atoms with Crippen molar-refractivity contribution in [1.29, 1.82) is 0 Å². The van der Waals surface area contributed by atoms with Gasteiger partial charge in [0, 0.05) is 24.7 Å². The Balaban J connectivity index is 1.23. The fraction of sp³-hybridized carbons (Fsp3) is 0.667. The van der Waals surface area contributed by atoms with E-state index in [1.54, 1.807) is 0 Å². The molecule has 0 atom stereocenters. The Hall–Kier alpha value is -2.78.